The number of pyridine rings is 1. The summed E-state index contributed by atoms with van der Waals surface area (Å²) in [4.78, 5) is 16.1. The van der Waals surface area contributed by atoms with Gasteiger partial charge >= 0.3 is 0 Å². The third-order valence-electron chi connectivity index (χ3n) is 3.67. The van der Waals surface area contributed by atoms with Crippen LogP contribution in [0.4, 0.5) is 5.69 Å². The first-order valence-corrected chi connectivity index (χ1v) is 6.70. The van der Waals surface area contributed by atoms with Gasteiger partial charge < -0.3 is 10.6 Å². The second kappa shape index (κ2) is 4.38. The fourth-order valence-electron chi connectivity index (χ4n) is 2.82. The molecule has 5 heteroatoms. The van der Waals surface area contributed by atoms with E-state index in [1.165, 1.54) is 6.42 Å². The summed E-state index contributed by atoms with van der Waals surface area (Å²) in [5.74, 6) is 0.241. The molecule has 0 spiro atoms. The molecule has 2 N–H and O–H groups in total. The predicted octanol–water partition coefficient (Wildman–Crippen LogP) is 1.92. The largest absolute Gasteiger partial charge is 0.325 e. The van der Waals surface area contributed by atoms with Gasteiger partial charge in [-0.25, -0.2) is 0 Å². The number of aromatic nitrogens is 1. The lowest BCUT2D eigenvalue weighted by Gasteiger charge is -2.19. The molecule has 3 atom stereocenters. The van der Waals surface area contributed by atoms with Crippen molar-refractivity contribution in [2.75, 3.05) is 5.32 Å². The van der Waals surface area contributed by atoms with E-state index in [1.807, 2.05) is 6.07 Å². The maximum atomic E-state index is 12.2. The monoisotopic (exact) mass is 295 g/mol. The Morgan fingerprint density at radius 1 is 1.53 bits per heavy atom. The number of hydrogen-bond donors (Lipinski definition) is 2. The zero-order valence-corrected chi connectivity index (χ0v) is 10.9. The second-order valence-electron chi connectivity index (χ2n) is 4.73. The van der Waals surface area contributed by atoms with Crippen LogP contribution in [0.5, 0.6) is 0 Å². The Morgan fingerprint density at radius 2 is 2.41 bits per heavy atom. The van der Waals surface area contributed by atoms with Crippen molar-refractivity contribution < 1.29 is 4.79 Å². The molecule has 0 radical (unpaired) electrons. The van der Waals surface area contributed by atoms with Gasteiger partial charge in [0.05, 0.1) is 16.1 Å². The summed E-state index contributed by atoms with van der Waals surface area (Å²) in [6, 6.07) is 2.74. The van der Waals surface area contributed by atoms with E-state index >= 15 is 0 Å². The molecule has 2 aliphatic heterocycles. The Kier molecular flexibility index (Phi) is 2.88. The topological polar surface area (TPSA) is 54.0 Å². The van der Waals surface area contributed by atoms with E-state index in [0.717, 1.165) is 23.0 Å². The molecular formula is C12H14BrN3O. The van der Waals surface area contributed by atoms with Gasteiger partial charge in [-0.05, 0) is 41.3 Å². The number of nitrogens with zero attached hydrogens (tertiary/aromatic N) is 1. The lowest BCUT2D eigenvalue weighted by molar-refractivity contribution is -0.120. The molecule has 2 saturated heterocycles. The molecule has 0 saturated carbocycles. The van der Waals surface area contributed by atoms with E-state index in [9.17, 15) is 4.79 Å². The molecule has 90 valence electrons. The van der Waals surface area contributed by atoms with Crippen molar-refractivity contribution in [1.82, 2.24) is 10.3 Å². The van der Waals surface area contributed by atoms with Gasteiger partial charge in [0.25, 0.3) is 0 Å². The minimum Gasteiger partial charge on any atom is -0.325 e. The SMILES string of the molecule is O=C(Nc1ccncc1Br)C1CC2CCC1N2. The van der Waals surface area contributed by atoms with Crippen molar-refractivity contribution in [1.29, 1.82) is 0 Å². The summed E-state index contributed by atoms with van der Waals surface area (Å²) < 4.78 is 0.824. The number of hydrogen-bond acceptors (Lipinski definition) is 3. The molecule has 2 bridgehead atoms. The highest BCUT2D eigenvalue weighted by Crippen LogP contribution is 2.34. The van der Waals surface area contributed by atoms with Crippen LogP contribution in [0.1, 0.15) is 19.3 Å². The fourth-order valence-corrected chi connectivity index (χ4v) is 3.17. The number of fused-ring (bicyclic) bond motifs is 2. The van der Waals surface area contributed by atoms with E-state index in [1.54, 1.807) is 12.4 Å². The minimum atomic E-state index is 0.119. The third kappa shape index (κ3) is 2.09. The van der Waals surface area contributed by atoms with Gasteiger partial charge in [-0.3, -0.25) is 9.78 Å². The van der Waals surface area contributed by atoms with Crippen molar-refractivity contribution in [2.45, 2.75) is 31.3 Å². The fraction of sp³-hybridized carbons (Fsp3) is 0.500. The molecule has 3 heterocycles. The molecule has 17 heavy (non-hydrogen) atoms. The molecule has 1 aromatic rings. The molecule has 0 aromatic carbocycles. The van der Waals surface area contributed by atoms with Crippen LogP contribution in [-0.2, 0) is 4.79 Å². The highest BCUT2D eigenvalue weighted by Gasteiger charge is 2.42. The zero-order chi connectivity index (χ0) is 11.8. The molecule has 1 aromatic heterocycles. The molecule has 4 nitrogen and oxygen atoms in total. The molecule has 2 aliphatic rings. The summed E-state index contributed by atoms with van der Waals surface area (Å²) in [5.41, 5.74) is 0.799. The second-order valence-corrected chi connectivity index (χ2v) is 5.59. The van der Waals surface area contributed by atoms with E-state index in [0.29, 0.717) is 12.1 Å². The number of amides is 1. The molecule has 3 rings (SSSR count). The minimum absolute atomic E-state index is 0.119. The number of anilines is 1. The van der Waals surface area contributed by atoms with Gasteiger partial charge in [-0.1, -0.05) is 0 Å². The third-order valence-corrected chi connectivity index (χ3v) is 4.30. The van der Waals surface area contributed by atoms with Crippen molar-refractivity contribution in [2.24, 2.45) is 5.92 Å². The van der Waals surface area contributed by atoms with Crippen molar-refractivity contribution in [3.05, 3.63) is 22.9 Å². The average molecular weight is 296 g/mol. The number of carbonyl (C=O) groups is 1. The van der Waals surface area contributed by atoms with Crippen LogP contribution >= 0.6 is 15.9 Å². The summed E-state index contributed by atoms with van der Waals surface area (Å²) >= 11 is 3.38. The van der Waals surface area contributed by atoms with Crippen LogP contribution in [0.3, 0.4) is 0 Å². The molecule has 3 unspecified atom stereocenters. The molecule has 2 fully saturated rings. The van der Waals surface area contributed by atoms with Crippen LogP contribution in [0.2, 0.25) is 0 Å². The molecular weight excluding hydrogens is 282 g/mol. The first kappa shape index (κ1) is 11.2. The Balaban J connectivity index is 1.70. The average Bonchev–Trinajstić information content (AvgIpc) is 2.94. The highest BCUT2D eigenvalue weighted by atomic mass is 79.9. The van der Waals surface area contributed by atoms with Crippen LogP contribution in [-0.4, -0.2) is 23.0 Å². The van der Waals surface area contributed by atoms with E-state index in [4.69, 9.17) is 0 Å². The lowest BCUT2D eigenvalue weighted by Crippen LogP contribution is -2.32. The van der Waals surface area contributed by atoms with Gasteiger partial charge in [-0.15, -0.1) is 0 Å². The number of carbonyl (C=O) groups excluding carboxylic acids is 1. The van der Waals surface area contributed by atoms with Crippen LogP contribution in [0, 0.1) is 5.92 Å². The number of rotatable bonds is 2. The van der Waals surface area contributed by atoms with E-state index in [2.05, 4.69) is 31.5 Å². The normalized spacial score (nSPS) is 30.5. The van der Waals surface area contributed by atoms with Gasteiger partial charge in [0.15, 0.2) is 0 Å². The summed E-state index contributed by atoms with van der Waals surface area (Å²) in [6.07, 6.45) is 6.68. The van der Waals surface area contributed by atoms with Gasteiger partial charge in [0.1, 0.15) is 0 Å². The Hall–Kier alpha value is -0.940. The van der Waals surface area contributed by atoms with Gasteiger partial charge in [0, 0.05) is 24.5 Å². The maximum absolute atomic E-state index is 12.2. The van der Waals surface area contributed by atoms with E-state index < -0.39 is 0 Å². The van der Waals surface area contributed by atoms with Crippen molar-refractivity contribution in [3.63, 3.8) is 0 Å². The first-order chi connectivity index (χ1) is 8.24. The number of halogens is 1. The summed E-state index contributed by atoms with van der Waals surface area (Å²) in [5, 5.41) is 6.45. The van der Waals surface area contributed by atoms with Gasteiger partial charge in [0.2, 0.25) is 5.91 Å². The molecule has 0 aliphatic carbocycles. The van der Waals surface area contributed by atoms with Crippen molar-refractivity contribution in [3.8, 4) is 0 Å². The summed E-state index contributed by atoms with van der Waals surface area (Å²) in [7, 11) is 0. The first-order valence-electron chi connectivity index (χ1n) is 5.90. The number of nitrogens with one attached hydrogen (secondary N) is 2. The Bertz CT molecular complexity index is 451. The van der Waals surface area contributed by atoms with Crippen LogP contribution in [0.25, 0.3) is 0 Å². The summed E-state index contributed by atoms with van der Waals surface area (Å²) in [6.45, 7) is 0. The quantitative estimate of drug-likeness (QED) is 0.876. The predicted molar refractivity (Wildman–Crippen MR) is 68.6 cm³/mol. The lowest BCUT2D eigenvalue weighted by atomic mass is 9.88. The van der Waals surface area contributed by atoms with E-state index in [-0.39, 0.29) is 11.8 Å². The van der Waals surface area contributed by atoms with Crippen LogP contribution < -0.4 is 10.6 Å². The smallest absolute Gasteiger partial charge is 0.229 e. The maximum Gasteiger partial charge on any atom is 0.229 e. The Morgan fingerprint density at radius 3 is 3.06 bits per heavy atom. The highest BCUT2D eigenvalue weighted by molar-refractivity contribution is 9.10. The van der Waals surface area contributed by atoms with Crippen molar-refractivity contribution >= 4 is 27.5 Å². The Labute approximate surface area is 108 Å². The van der Waals surface area contributed by atoms with Crippen LogP contribution in [0.15, 0.2) is 22.9 Å². The standard InChI is InChI=1S/C12H14BrN3O/c13-9-6-14-4-3-11(9)16-12(17)8-5-7-1-2-10(8)15-7/h3-4,6-8,10,15H,1-2,5H2,(H,14,16,17). The zero-order valence-electron chi connectivity index (χ0n) is 9.32. The molecule has 1 amide bonds. The van der Waals surface area contributed by atoms with Gasteiger partial charge in [-0.2, -0.15) is 0 Å².